The average Bonchev–Trinajstić information content (AvgIpc) is 2.51. The van der Waals surface area contributed by atoms with E-state index in [1.54, 1.807) is 18.2 Å². The maximum atomic E-state index is 12.3. The molecule has 0 aliphatic carbocycles. The molecule has 0 amide bonds. The SMILES string of the molecule is N#CC(C(=O)c1cc(O)c(O)c([N+](=O)[O-])c1)c1ccccn1. The molecule has 2 N–H and O–H groups in total. The van der Waals surface area contributed by atoms with Crippen LogP contribution in [0.2, 0.25) is 0 Å². The van der Waals surface area contributed by atoms with E-state index in [9.17, 15) is 25.1 Å². The number of rotatable bonds is 4. The first-order chi connectivity index (χ1) is 10.5. The van der Waals surface area contributed by atoms with Gasteiger partial charge in [-0.25, -0.2) is 0 Å². The fourth-order valence-corrected chi connectivity index (χ4v) is 1.86. The topological polar surface area (TPSA) is 137 Å². The van der Waals surface area contributed by atoms with Crippen LogP contribution < -0.4 is 0 Å². The van der Waals surface area contributed by atoms with Crippen molar-refractivity contribution in [1.82, 2.24) is 4.98 Å². The Labute approximate surface area is 124 Å². The Kier molecular flexibility index (Phi) is 3.99. The van der Waals surface area contributed by atoms with Crippen LogP contribution in [0.15, 0.2) is 36.5 Å². The normalized spacial score (nSPS) is 11.4. The number of carbonyl (C=O) groups is 1. The number of aromatic nitrogens is 1. The first-order valence-corrected chi connectivity index (χ1v) is 6.00. The van der Waals surface area contributed by atoms with Gasteiger partial charge in [0.2, 0.25) is 5.75 Å². The number of phenols is 2. The van der Waals surface area contributed by atoms with E-state index in [1.165, 1.54) is 12.3 Å². The van der Waals surface area contributed by atoms with Gasteiger partial charge >= 0.3 is 5.69 Å². The van der Waals surface area contributed by atoms with Crippen LogP contribution in [0.5, 0.6) is 11.5 Å². The van der Waals surface area contributed by atoms with E-state index in [4.69, 9.17) is 5.26 Å². The molecule has 8 heteroatoms. The minimum absolute atomic E-state index is 0.185. The number of hydrogen-bond acceptors (Lipinski definition) is 7. The minimum Gasteiger partial charge on any atom is -0.504 e. The third-order valence-corrected chi connectivity index (χ3v) is 2.93. The highest BCUT2D eigenvalue weighted by Gasteiger charge is 2.27. The van der Waals surface area contributed by atoms with Gasteiger partial charge in [-0.3, -0.25) is 19.9 Å². The van der Waals surface area contributed by atoms with Crippen LogP contribution in [-0.2, 0) is 0 Å². The number of nitro groups is 1. The predicted octanol–water partition coefficient (Wildman–Crippen LogP) is 1.89. The van der Waals surface area contributed by atoms with Crippen molar-refractivity contribution >= 4 is 11.5 Å². The van der Waals surface area contributed by atoms with E-state index in [1.807, 2.05) is 0 Å². The third-order valence-electron chi connectivity index (χ3n) is 2.93. The van der Waals surface area contributed by atoms with Crippen molar-refractivity contribution < 1.29 is 19.9 Å². The van der Waals surface area contributed by atoms with Gasteiger partial charge in [-0.05, 0) is 18.2 Å². The molecule has 0 aliphatic heterocycles. The zero-order valence-electron chi connectivity index (χ0n) is 11.0. The highest BCUT2D eigenvalue weighted by molar-refractivity contribution is 6.03. The van der Waals surface area contributed by atoms with Crippen LogP contribution in [-0.4, -0.2) is 25.9 Å². The third kappa shape index (κ3) is 2.69. The average molecular weight is 299 g/mol. The van der Waals surface area contributed by atoms with Gasteiger partial charge in [-0.15, -0.1) is 0 Å². The number of nitro benzene ring substituents is 1. The maximum Gasteiger partial charge on any atom is 0.315 e. The highest BCUT2D eigenvalue weighted by atomic mass is 16.6. The molecular weight excluding hydrogens is 290 g/mol. The van der Waals surface area contributed by atoms with Crippen LogP contribution >= 0.6 is 0 Å². The van der Waals surface area contributed by atoms with Crippen LogP contribution in [0.25, 0.3) is 0 Å². The number of carbonyl (C=O) groups excluding carboxylic acids is 1. The smallest absolute Gasteiger partial charge is 0.315 e. The lowest BCUT2D eigenvalue weighted by molar-refractivity contribution is -0.386. The van der Waals surface area contributed by atoms with E-state index >= 15 is 0 Å². The Morgan fingerprint density at radius 2 is 2.09 bits per heavy atom. The Hall–Kier alpha value is -3.47. The second-order valence-electron chi connectivity index (χ2n) is 4.30. The van der Waals surface area contributed by atoms with E-state index < -0.39 is 33.8 Å². The number of aromatic hydroxyl groups is 2. The van der Waals surface area contributed by atoms with Gasteiger partial charge in [0.25, 0.3) is 0 Å². The minimum atomic E-state index is -1.27. The molecule has 0 saturated carbocycles. The lowest BCUT2D eigenvalue weighted by Crippen LogP contribution is -2.13. The quantitative estimate of drug-likeness (QED) is 0.380. The molecule has 2 aromatic rings. The molecule has 110 valence electrons. The van der Waals surface area contributed by atoms with Gasteiger partial charge in [0.05, 0.1) is 16.7 Å². The molecular formula is C14H9N3O5. The van der Waals surface area contributed by atoms with Crippen LogP contribution in [0.4, 0.5) is 5.69 Å². The van der Waals surface area contributed by atoms with Crippen LogP contribution in [0.3, 0.4) is 0 Å². The number of hydrogen-bond donors (Lipinski definition) is 2. The van der Waals surface area contributed by atoms with E-state index in [2.05, 4.69) is 4.98 Å². The van der Waals surface area contributed by atoms with Crippen LogP contribution in [0, 0.1) is 21.4 Å². The molecule has 1 atom stereocenters. The first kappa shape index (κ1) is 14.9. The molecule has 8 nitrogen and oxygen atoms in total. The fraction of sp³-hybridized carbons (Fsp3) is 0.0714. The Bertz CT molecular complexity index is 783. The van der Waals surface area contributed by atoms with Gasteiger partial charge in [0.1, 0.15) is 0 Å². The summed E-state index contributed by atoms with van der Waals surface area (Å²) in [6.45, 7) is 0. The Morgan fingerprint density at radius 1 is 1.36 bits per heavy atom. The van der Waals surface area contributed by atoms with Crippen molar-refractivity contribution in [2.45, 2.75) is 5.92 Å². The molecule has 0 bridgehead atoms. The van der Waals surface area contributed by atoms with Crippen molar-refractivity contribution in [3.63, 3.8) is 0 Å². The molecule has 0 spiro atoms. The van der Waals surface area contributed by atoms with Crippen molar-refractivity contribution in [3.8, 4) is 17.6 Å². The van der Waals surface area contributed by atoms with Gasteiger partial charge in [-0.2, -0.15) is 5.26 Å². The van der Waals surface area contributed by atoms with Gasteiger partial charge < -0.3 is 10.2 Å². The summed E-state index contributed by atoms with van der Waals surface area (Å²) in [6.07, 6.45) is 1.41. The molecule has 1 aromatic carbocycles. The predicted molar refractivity (Wildman–Crippen MR) is 73.3 cm³/mol. The van der Waals surface area contributed by atoms with E-state index in [0.29, 0.717) is 0 Å². The zero-order chi connectivity index (χ0) is 16.3. The summed E-state index contributed by atoms with van der Waals surface area (Å²) >= 11 is 0. The number of Topliss-reactive ketones (excluding diaryl/α,β-unsaturated/α-hetero) is 1. The van der Waals surface area contributed by atoms with E-state index in [0.717, 1.165) is 12.1 Å². The van der Waals surface area contributed by atoms with Crippen molar-refractivity contribution in [2.24, 2.45) is 0 Å². The molecule has 2 rings (SSSR count). The standard InChI is InChI=1S/C14H9N3O5/c15-7-9(10-3-1-2-4-16-10)13(19)8-5-11(17(21)22)14(20)12(18)6-8/h1-6,9,18,20H. The maximum absolute atomic E-state index is 12.3. The Balaban J connectivity index is 2.49. The molecule has 0 aliphatic rings. The van der Waals surface area contributed by atoms with Gasteiger partial charge in [-0.1, -0.05) is 6.07 Å². The molecule has 0 saturated heterocycles. The van der Waals surface area contributed by atoms with Gasteiger partial charge in [0, 0.05) is 17.8 Å². The monoisotopic (exact) mass is 299 g/mol. The second-order valence-corrected chi connectivity index (χ2v) is 4.30. The summed E-state index contributed by atoms with van der Waals surface area (Å²) < 4.78 is 0. The summed E-state index contributed by atoms with van der Waals surface area (Å²) in [6, 6.07) is 8.13. The number of ketones is 1. The summed E-state index contributed by atoms with van der Waals surface area (Å²) in [5.41, 5.74) is -0.898. The number of nitrogens with zero attached hydrogens (tertiary/aromatic N) is 3. The van der Waals surface area contributed by atoms with Crippen LogP contribution in [0.1, 0.15) is 22.0 Å². The second kappa shape index (κ2) is 5.88. The summed E-state index contributed by atoms with van der Waals surface area (Å²) in [4.78, 5) is 26.1. The lowest BCUT2D eigenvalue weighted by Gasteiger charge is -2.08. The summed E-state index contributed by atoms with van der Waals surface area (Å²) in [5.74, 6) is -3.78. The fourth-order valence-electron chi connectivity index (χ4n) is 1.86. The molecule has 0 fully saturated rings. The highest BCUT2D eigenvalue weighted by Crippen LogP contribution is 2.37. The van der Waals surface area contributed by atoms with Gasteiger partial charge in [0.15, 0.2) is 17.5 Å². The summed E-state index contributed by atoms with van der Waals surface area (Å²) in [7, 11) is 0. The molecule has 1 aromatic heterocycles. The van der Waals surface area contributed by atoms with Crippen molar-refractivity contribution in [2.75, 3.05) is 0 Å². The zero-order valence-corrected chi connectivity index (χ0v) is 11.0. The molecule has 1 unspecified atom stereocenters. The number of phenolic OH excluding ortho intramolecular Hbond substituents is 2. The summed E-state index contributed by atoms with van der Waals surface area (Å²) in [5, 5.41) is 38.9. The van der Waals surface area contributed by atoms with Crippen molar-refractivity contribution in [1.29, 1.82) is 5.26 Å². The number of benzene rings is 1. The number of nitriles is 1. The Morgan fingerprint density at radius 3 is 2.64 bits per heavy atom. The van der Waals surface area contributed by atoms with E-state index in [-0.39, 0.29) is 11.3 Å². The molecule has 22 heavy (non-hydrogen) atoms. The van der Waals surface area contributed by atoms with Crippen molar-refractivity contribution in [3.05, 3.63) is 57.9 Å². The molecule has 0 radical (unpaired) electrons. The largest absolute Gasteiger partial charge is 0.504 e. The lowest BCUT2D eigenvalue weighted by atomic mass is 9.94. The molecule has 1 heterocycles. The first-order valence-electron chi connectivity index (χ1n) is 6.00. The number of pyridine rings is 1.